The monoisotopic (exact) mass is 1080 g/mol. The van der Waals surface area contributed by atoms with Gasteiger partial charge in [0.2, 0.25) is 11.8 Å². The zero-order valence-electron chi connectivity index (χ0n) is 46.2. The lowest BCUT2D eigenvalue weighted by molar-refractivity contribution is -0.132. The van der Waals surface area contributed by atoms with Gasteiger partial charge in [-0.1, -0.05) is 24.6 Å². The van der Waals surface area contributed by atoms with E-state index in [1.807, 2.05) is 59.3 Å². The SMILES string of the molecule is CNC(=O)C(CCC=O)N(C)Cc1cc(N2CCN(C(=O)CCCOCCOCCOCCCCCCOc3cccc([C@@H](C)Nc4cccc(NC5(/C(N)=N/C(N)c6ccncc6)CCNCC5)c4)c3)CC2)ccc1C=O. The number of aromatic nitrogens is 1. The summed E-state index contributed by atoms with van der Waals surface area (Å²) in [4.78, 5) is 63.2. The number of carbonyl (C=O) groups excluding carboxylic acids is 4. The van der Waals surface area contributed by atoms with Crippen molar-refractivity contribution in [2.45, 2.75) is 101 Å². The number of nitrogens with one attached hydrogen (secondary N) is 4. The maximum Gasteiger partial charge on any atom is 0.237 e. The summed E-state index contributed by atoms with van der Waals surface area (Å²) in [6, 6.07) is 25.5. The number of amides is 2. The highest BCUT2D eigenvalue weighted by atomic mass is 16.5. The van der Waals surface area contributed by atoms with Crippen molar-refractivity contribution in [3.63, 3.8) is 0 Å². The van der Waals surface area contributed by atoms with E-state index in [4.69, 9.17) is 35.4 Å². The Morgan fingerprint density at radius 1 is 0.821 bits per heavy atom. The number of hydrogen-bond acceptors (Lipinski definition) is 16. The molecule has 0 radical (unpaired) electrons. The highest BCUT2D eigenvalue weighted by Crippen LogP contribution is 2.30. The summed E-state index contributed by atoms with van der Waals surface area (Å²) in [5.74, 6) is 1.30. The first-order valence-electron chi connectivity index (χ1n) is 27.8. The van der Waals surface area contributed by atoms with Gasteiger partial charge in [0.25, 0.3) is 0 Å². The molecule has 2 saturated heterocycles. The lowest BCUT2D eigenvalue weighted by atomic mass is 9.86. The first-order chi connectivity index (χ1) is 38.0. The van der Waals surface area contributed by atoms with Gasteiger partial charge in [-0.3, -0.25) is 24.3 Å². The maximum atomic E-state index is 13.0. The predicted molar refractivity (Wildman–Crippen MR) is 307 cm³/mol. The van der Waals surface area contributed by atoms with Gasteiger partial charge >= 0.3 is 0 Å². The molecule has 3 atom stereocenters. The number of nitrogens with zero attached hydrogens (tertiary/aromatic N) is 5. The van der Waals surface area contributed by atoms with Crippen LogP contribution in [0.25, 0.3) is 0 Å². The standard InChI is InChI=1S/C59H85N11O8/c1-45(65-50-13-9-14-51(42-50)67-59(22-26-64-27-23-59)58(61)66-56(60)46-20-24-63-25-21-46)47-12-8-15-53(41-47)78-35-7-5-4-6-33-75-36-38-77-39-37-76-34-11-17-55(73)70-30-28-69(29-31-70)52-19-18-48(44-72)49(40-52)43-68(3)54(16-10-32-71)57(74)62-2/h8-9,12-15,18-21,24-25,32,40-42,44-45,54,56,64-65,67H,4-7,10-11,16-17,22-23,26-31,33-39,43,60H2,1-3H3,(H2,61,66)(H,62,74)/t45-,54?,56?/m1/s1. The molecule has 2 aliphatic rings. The van der Waals surface area contributed by atoms with Gasteiger partial charge in [-0.15, -0.1) is 0 Å². The van der Waals surface area contributed by atoms with Crippen LogP contribution in [0, 0.1) is 0 Å². The van der Waals surface area contributed by atoms with Crippen molar-refractivity contribution in [1.82, 2.24) is 25.4 Å². The van der Waals surface area contributed by atoms with Gasteiger partial charge in [0, 0.05) is 107 Å². The molecule has 8 N–H and O–H groups in total. The van der Waals surface area contributed by atoms with E-state index in [0.29, 0.717) is 110 Å². The number of aliphatic imine (C=N–C) groups is 1. The summed E-state index contributed by atoms with van der Waals surface area (Å²) in [6.45, 7) is 10.5. The van der Waals surface area contributed by atoms with Crippen LogP contribution in [0.4, 0.5) is 17.1 Å². The molecular formula is C59H85N11O8. The first kappa shape index (κ1) is 60.7. The molecule has 424 valence electrons. The topological polar surface area (TPSA) is 240 Å². The molecule has 0 spiro atoms. The van der Waals surface area contributed by atoms with Gasteiger partial charge < -0.3 is 66.3 Å². The fourth-order valence-corrected chi connectivity index (χ4v) is 9.83. The lowest BCUT2D eigenvalue weighted by Gasteiger charge is -2.39. The summed E-state index contributed by atoms with van der Waals surface area (Å²) in [5.41, 5.74) is 18.9. The Hall–Kier alpha value is -6.48. The number of hydrogen-bond donors (Lipinski definition) is 6. The second kappa shape index (κ2) is 33.1. The quantitative estimate of drug-likeness (QED) is 0.0129. The summed E-state index contributed by atoms with van der Waals surface area (Å²) < 4.78 is 23.4. The number of unbranched alkanes of at least 4 members (excludes halogenated alkanes) is 3. The summed E-state index contributed by atoms with van der Waals surface area (Å²) >= 11 is 0. The maximum absolute atomic E-state index is 13.0. The average molecular weight is 1080 g/mol. The Kier molecular flexibility index (Phi) is 25.8. The van der Waals surface area contributed by atoms with E-state index in [-0.39, 0.29) is 24.3 Å². The Morgan fingerprint density at radius 2 is 1.50 bits per heavy atom. The third-order valence-electron chi connectivity index (χ3n) is 14.4. The normalized spacial score (nSPS) is 15.8. The van der Waals surface area contributed by atoms with Crippen molar-refractivity contribution >= 4 is 47.3 Å². The molecule has 0 saturated carbocycles. The number of aldehydes is 2. The van der Waals surface area contributed by atoms with Gasteiger partial charge in [-0.2, -0.15) is 0 Å². The number of rotatable bonds is 35. The van der Waals surface area contributed by atoms with E-state index in [2.05, 4.69) is 68.4 Å². The second-order valence-electron chi connectivity index (χ2n) is 20.1. The van der Waals surface area contributed by atoms with Gasteiger partial charge in [0.15, 0.2) is 0 Å². The second-order valence-corrected chi connectivity index (χ2v) is 20.1. The Balaban J connectivity index is 0.766. The van der Waals surface area contributed by atoms with E-state index in [1.165, 1.54) is 0 Å². The van der Waals surface area contributed by atoms with Crippen LogP contribution < -0.4 is 42.4 Å². The molecule has 0 bridgehead atoms. The molecule has 3 aromatic carbocycles. The third-order valence-corrected chi connectivity index (χ3v) is 14.4. The zero-order valence-corrected chi connectivity index (χ0v) is 46.2. The fraction of sp³-hybridized carbons (Fsp3) is 0.525. The van der Waals surface area contributed by atoms with Gasteiger partial charge in [0.05, 0.1) is 44.6 Å². The number of anilines is 3. The zero-order chi connectivity index (χ0) is 55.4. The van der Waals surface area contributed by atoms with Crippen molar-refractivity contribution in [2.24, 2.45) is 16.5 Å². The van der Waals surface area contributed by atoms with Crippen molar-refractivity contribution in [3.8, 4) is 5.75 Å². The minimum absolute atomic E-state index is 0.0383. The van der Waals surface area contributed by atoms with Gasteiger partial charge in [-0.05, 0) is 149 Å². The number of benzene rings is 3. The number of nitrogens with two attached hydrogens (primary N) is 2. The van der Waals surface area contributed by atoms with Crippen LogP contribution in [0.3, 0.4) is 0 Å². The summed E-state index contributed by atoms with van der Waals surface area (Å²) in [7, 11) is 3.39. The lowest BCUT2D eigenvalue weighted by Crippen LogP contribution is -2.56. The number of piperidine rings is 1. The first-order valence-corrected chi connectivity index (χ1v) is 27.8. The Labute approximate surface area is 461 Å². The smallest absolute Gasteiger partial charge is 0.237 e. The van der Waals surface area contributed by atoms with E-state index in [1.54, 1.807) is 25.5 Å². The summed E-state index contributed by atoms with van der Waals surface area (Å²) in [6.07, 6.45) is 11.8. The van der Waals surface area contributed by atoms with Crippen LogP contribution >= 0.6 is 0 Å². The number of pyridine rings is 1. The molecule has 2 fully saturated rings. The minimum atomic E-state index is -0.575. The van der Waals surface area contributed by atoms with Crippen molar-refractivity contribution in [3.05, 3.63) is 114 Å². The van der Waals surface area contributed by atoms with E-state index >= 15 is 0 Å². The van der Waals surface area contributed by atoms with Gasteiger partial charge in [0.1, 0.15) is 30.3 Å². The van der Waals surface area contributed by atoms with E-state index in [9.17, 15) is 19.2 Å². The largest absolute Gasteiger partial charge is 0.494 e. The van der Waals surface area contributed by atoms with Crippen LogP contribution in [0.5, 0.6) is 5.75 Å². The van der Waals surface area contributed by atoms with E-state index < -0.39 is 17.7 Å². The molecule has 4 aromatic rings. The molecule has 0 aliphatic carbocycles. The molecule has 2 unspecified atom stereocenters. The van der Waals surface area contributed by atoms with Crippen molar-refractivity contribution in [1.29, 1.82) is 0 Å². The molecule has 19 heteroatoms. The van der Waals surface area contributed by atoms with Crippen LogP contribution in [-0.2, 0) is 35.1 Å². The molecule has 19 nitrogen and oxygen atoms in total. The molecular weight excluding hydrogens is 991 g/mol. The Morgan fingerprint density at radius 3 is 2.21 bits per heavy atom. The highest BCUT2D eigenvalue weighted by molar-refractivity contribution is 5.93. The fourth-order valence-electron chi connectivity index (χ4n) is 9.83. The minimum Gasteiger partial charge on any atom is -0.494 e. The van der Waals surface area contributed by atoms with Crippen molar-refractivity contribution in [2.75, 3.05) is 115 Å². The number of carbonyl (C=O) groups is 4. The van der Waals surface area contributed by atoms with E-state index in [0.717, 1.165) is 104 Å². The van der Waals surface area contributed by atoms with Gasteiger partial charge in [-0.25, -0.2) is 4.99 Å². The van der Waals surface area contributed by atoms with Crippen LogP contribution in [-0.4, -0.2) is 156 Å². The molecule has 1 aromatic heterocycles. The van der Waals surface area contributed by atoms with Crippen LogP contribution in [0.15, 0.2) is 96.2 Å². The number of likely N-dealkylation sites (N-methyl/N-ethyl adjacent to an activating group) is 2. The predicted octanol–water partition coefficient (Wildman–Crippen LogP) is 6.26. The molecule has 78 heavy (non-hydrogen) atoms. The number of amidine groups is 1. The molecule has 3 heterocycles. The van der Waals surface area contributed by atoms with Crippen LogP contribution in [0.2, 0.25) is 0 Å². The molecule has 2 amide bonds. The molecule has 2 aliphatic heterocycles. The molecule has 6 rings (SSSR count). The number of ether oxygens (including phenoxy) is 4. The number of piperazine rings is 1. The highest BCUT2D eigenvalue weighted by Gasteiger charge is 2.37. The summed E-state index contributed by atoms with van der Waals surface area (Å²) in [5, 5.41) is 13.5. The third kappa shape index (κ3) is 19.5. The van der Waals surface area contributed by atoms with Crippen LogP contribution in [0.1, 0.15) is 110 Å². The Bertz CT molecular complexity index is 2470. The average Bonchev–Trinajstić information content (AvgIpc) is 3.50. The van der Waals surface area contributed by atoms with Crippen molar-refractivity contribution < 1.29 is 38.1 Å².